The first-order chi connectivity index (χ1) is 15.0. The van der Waals surface area contributed by atoms with Crippen molar-refractivity contribution >= 4 is 11.8 Å². The zero-order valence-electron chi connectivity index (χ0n) is 16.8. The largest absolute Gasteiger partial charge is 0.504 e. The number of nitrogens with zero attached hydrogens (tertiary/aromatic N) is 1. The Morgan fingerprint density at radius 1 is 1.06 bits per heavy atom. The van der Waals surface area contributed by atoms with Crippen molar-refractivity contribution in [1.82, 2.24) is 10.2 Å². The number of hydrogen-bond acceptors (Lipinski definition) is 6. The molecule has 31 heavy (non-hydrogen) atoms. The van der Waals surface area contributed by atoms with Crippen LogP contribution in [-0.2, 0) is 11.8 Å². The zero-order chi connectivity index (χ0) is 21.1. The Morgan fingerprint density at radius 3 is 2.55 bits per heavy atom. The normalized spacial score (nSPS) is 36.8. The molecular formula is C24H22N2O5. The molecule has 158 valence electrons. The third-order valence-electron chi connectivity index (χ3n) is 8.41. The smallest absolute Gasteiger partial charge is 0.261 e. The highest BCUT2D eigenvalue weighted by Gasteiger charge is 2.73. The molecule has 2 aliphatic carbocycles. The molecule has 5 atom stereocenters. The molecule has 0 radical (unpaired) electrons. The molecule has 1 unspecified atom stereocenters. The van der Waals surface area contributed by atoms with E-state index in [2.05, 4.69) is 5.32 Å². The number of aliphatic hydroxyl groups is 1. The van der Waals surface area contributed by atoms with Gasteiger partial charge in [-0.2, -0.15) is 0 Å². The van der Waals surface area contributed by atoms with E-state index < -0.39 is 23.2 Å². The second kappa shape index (κ2) is 5.47. The van der Waals surface area contributed by atoms with Crippen LogP contribution in [0.2, 0.25) is 0 Å². The maximum Gasteiger partial charge on any atom is 0.261 e. The van der Waals surface area contributed by atoms with E-state index in [-0.39, 0.29) is 23.6 Å². The Kier molecular flexibility index (Phi) is 3.13. The summed E-state index contributed by atoms with van der Waals surface area (Å²) < 4.78 is 6.41. The van der Waals surface area contributed by atoms with Crippen molar-refractivity contribution in [3.8, 4) is 11.5 Å². The van der Waals surface area contributed by atoms with Crippen LogP contribution in [0.1, 0.15) is 51.1 Å². The van der Waals surface area contributed by atoms with E-state index in [4.69, 9.17) is 4.74 Å². The van der Waals surface area contributed by atoms with Crippen molar-refractivity contribution in [2.24, 2.45) is 0 Å². The molecule has 7 rings (SSSR count). The number of fused-ring (bicyclic) bond motifs is 1. The van der Waals surface area contributed by atoms with Gasteiger partial charge in [-0.1, -0.05) is 18.2 Å². The van der Waals surface area contributed by atoms with Gasteiger partial charge < -0.3 is 20.3 Å². The van der Waals surface area contributed by atoms with Crippen molar-refractivity contribution in [2.45, 2.75) is 54.9 Å². The van der Waals surface area contributed by atoms with Gasteiger partial charge in [-0.15, -0.1) is 0 Å². The van der Waals surface area contributed by atoms with Crippen molar-refractivity contribution in [3.05, 3.63) is 58.7 Å². The van der Waals surface area contributed by atoms with Crippen LogP contribution in [0.25, 0.3) is 0 Å². The maximum atomic E-state index is 13.3. The number of piperidine rings is 1. The van der Waals surface area contributed by atoms with E-state index in [9.17, 15) is 19.8 Å². The summed E-state index contributed by atoms with van der Waals surface area (Å²) in [5.74, 6) is -0.164. The van der Waals surface area contributed by atoms with Gasteiger partial charge in [0.25, 0.3) is 11.8 Å². The minimum atomic E-state index is -1.06. The van der Waals surface area contributed by atoms with Gasteiger partial charge in [0.1, 0.15) is 6.10 Å². The highest BCUT2D eigenvalue weighted by atomic mass is 16.5. The number of rotatable bonds is 1. The van der Waals surface area contributed by atoms with Crippen LogP contribution in [0.4, 0.5) is 0 Å². The predicted octanol–water partition coefficient (Wildman–Crippen LogP) is 1.50. The molecule has 1 spiro atoms. The minimum Gasteiger partial charge on any atom is -0.504 e. The molecule has 5 aliphatic rings. The molecular weight excluding hydrogens is 396 g/mol. The van der Waals surface area contributed by atoms with Crippen molar-refractivity contribution in [1.29, 1.82) is 0 Å². The van der Waals surface area contributed by atoms with Gasteiger partial charge in [0, 0.05) is 11.6 Å². The first-order valence-electron chi connectivity index (χ1n) is 10.9. The molecule has 3 heterocycles. The molecule has 7 nitrogen and oxygen atoms in total. The summed E-state index contributed by atoms with van der Waals surface area (Å²) in [5.41, 5.74) is 0.938. The standard InChI is InChI=1S/C24H22N2O5/c27-16-6-5-12-11-17-24(30)8-7-15(20-23(24,9-10-25-17)18(12)19(16)31-20)26-21(28)13-3-1-2-4-14(13)22(26)29/h1-6,15,17,20,25,27,30H,7-11H2/t15-,17-,20+,23+,24?/m1/s1. The molecule has 3 N–H and O–H groups in total. The summed E-state index contributed by atoms with van der Waals surface area (Å²) in [6.07, 6.45) is 1.59. The number of benzene rings is 2. The summed E-state index contributed by atoms with van der Waals surface area (Å²) >= 11 is 0. The fraction of sp³-hybridized carbons (Fsp3) is 0.417. The number of amides is 2. The van der Waals surface area contributed by atoms with Gasteiger partial charge in [-0.3, -0.25) is 14.5 Å². The lowest BCUT2D eigenvalue weighted by Crippen LogP contribution is -2.78. The van der Waals surface area contributed by atoms with Crippen LogP contribution in [0.3, 0.4) is 0 Å². The van der Waals surface area contributed by atoms with Crippen LogP contribution in [0, 0.1) is 0 Å². The van der Waals surface area contributed by atoms with E-state index in [1.54, 1.807) is 30.3 Å². The van der Waals surface area contributed by atoms with E-state index in [0.717, 1.165) is 11.1 Å². The number of imide groups is 1. The van der Waals surface area contributed by atoms with E-state index in [1.807, 2.05) is 6.07 Å². The molecule has 2 amide bonds. The molecule has 2 aromatic carbocycles. The van der Waals surface area contributed by atoms with Crippen LogP contribution in [0.15, 0.2) is 36.4 Å². The summed E-state index contributed by atoms with van der Waals surface area (Å²) in [6, 6.07) is 9.80. The minimum absolute atomic E-state index is 0.0444. The van der Waals surface area contributed by atoms with Gasteiger partial charge in [0.15, 0.2) is 11.5 Å². The van der Waals surface area contributed by atoms with Gasteiger partial charge in [-0.05, 0) is 56.0 Å². The second-order valence-electron chi connectivity index (χ2n) is 9.47. The van der Waals surface area contributed by atoms with Gasteiger partial charge >= 0.3 is 0 Å². The average Bonchev–Trinajstić information content (AvgIpc) is 3.23. The van der Waals surface area contributed by atoms with E-state index in [0.29, 0.717) is 49.1 Å². The number of ether oxygens (including phenoxy) is 1. The summed E-state index contributed by atoms with van der Waals surface area (Å²) in [5, 5.41) is 26.2. The Labute approximate surface area is 178 Å². The molecule has 1 saturated carbocycles. The van der Waals surface area contributed by atoms with Crippen LogP contribution >= 0.6 is 0 Å². The lowest BCUT2D eigenvalue weighted by molar-refractivity contribution is -0.164. The van der Waals surface area contributed by atoms with Gasteiger partial charge in [-0.25, -0.2) is 0 Å². The Morgan fingerprint density at radius 2 is 1.81 bits per heavy atom. The number of carbonyl (C=O) groups is 2. The fourth-order valence-electron chi connectivity index (χ4n) is 7.19. The molecule has 1 saturated heterocycles. The Bertz CT molecular complexity index is 1160. The number of hydrogen-bond donors (Lipinski definition) is 3. The first-order valence-corrected chi connectivity index (χ1v) is 10.9. The first kappa shape index (κ1) is 17.7. The van der Waals surface area contributed by atoms with E-state index >= 15 is 0 Å². The summed E-state index contributed by atoms with van der Waals surface area (Å²) in [4.78, 5) is 27.9. The number of phenolic OH excluding ortho intramolecular Hbond substituents is 1. The topological polar surface area (TPSA) is 99.1 Å². The second-order valence-corrected chi connectivity index (χ2v) is 9.47. The SMILES string of the molecule is O=C1c2ccccc2C(=O)N1[C@@H]1CCC2(O)[C@H]3Cc4ccc(O)c5c4[C@@]2(CCN3)[C@H]1O5. The molecule has 3 aliphatic heterocycles. The highest BCUT2D eigenvalue weighted by molar-refractivity contribution is 6.21. The zero-order valence-corrected chi connectivity index (χ0v) is 16.8. The average molecular weight is 418 g/mol. The molecule has 2 aromatic rings. The quantitative estimate of drug-likeness (QED) is 0.607. The predicted molar refractivity (Wildman–Crippen MR) is 109 cm³/mol. The number of aromatic hydroxyl groups is 1. The highest BCUT2D eigenvalue weighted by Crippen LogP contribution is 2.64. The lowest BCUT2D eigenvalue weighted by Gasteiger charge is -2.62. The Balaban J connectivity index is 1.42. The van der Waals surface area contributed by atoms with Crippen molar-refractivity contribution < 1.29 is 24.5 Å². The van der Waals surface area contributed by atoms with Crippen LogP contribution in [-0.4, -0.2) is 57.3 Å². The van der Waals surface area contributed by atoms with Crippen LogP contribution < -0.4 is 10.1 Å². The third kappa shape index (κ3) is 1.81. The number of nitrogens with one attached hydrogen (secondary N) is 1. The molecule has 7 heteroatoms. The molecule has 2 fully saturated rings. The maximum absolute atomic E-state index is 13.3. The molecule has 0 aromatic heterocycles. The van der Waals surface area contributed by atoms with E-state index in [1.165, 1.54) is 4.90 Å². The summed E-state index contributed by atoms with van der Waals surface area (Å²) in [6.45, 7) is 0.705. The van der Waals surface area contributed by atoms with Gasteiger partial charge in [0.05, 0.1) is 28.2 Å². The Hall–Kier alpha value is -2.90. The molecule has 2 bridgehead atoms. The number of phenols is 1. The monoisotopic (exact) mass is 418 g/mol. The summed E-state index contributed by atoms with van der Waals surface area (Å²) in [7, 11) is 0. The number of carbonyl (C=O) groups excluding carboxylic acids is 2. The lowest BCUT2D eigenvalue weighted by atomic mass is 9.48. The van der Waals surface area contributed by atoms with Crippen molar-refractivity contribution in [2.75, 3.05) is 6.54 Å². The van der Waals surface area contributed by atoms with Crippen molar-refractivity contribution in [3.63, 3.8) is 0 Å². The van der Waals surface area contributed by atoms with Gasteiger partial charge in [0.2, 0.25) is 0 Å². The fourth-order valence-corrected chi connectivity index (χ4v) is 7.19. The van der Waals surface area contributed by atoms with Crippen LogP contribution in [0.5, 0.6) is 11.5 Å². The third-order valence-corrected chi connectivity index (χ3v) is 8.41.